The SMILES string of the molecule is Cc1cncc(N2CCC(CC(=O)N3CCOCC3)CC2)n1. The molecule has 2 fully saturated rings. The van der Waals surface area contributed by atoms with Crippen molar-refractivity contribution < 1.29 is 9.53 Å². The lowest BCUT2D eigenvalue weighted by Gasteiger charge is -2.34. The van der Waals surface area contributed by atoms with Crippen LogP contribution in [0.2, 0.25) is 0 Å². The second-order valence-corrected chi connectivity index (χ2v) is 6.15. The van der Waals surface area contributed by atoms with Crippen molar-refractivity contribution in [3.05, 3.63) is 18.1 Å². The summed E-state index contributed by atoms with van der Waals surface area (Å²) in [6.07, 6.45) is 6.37. The van der Waals surface area contributed by atoms with Crippen molar-refractivity contribution >= 4 is 11.7 Å². The van der Waals surface area contributed by atoms with Gasteiger partial charge in [-0.1, -0.05) is 0 Å². The molecule has 0 aliphatic carbocycles. The van der Waals surface area contributed by atoms with E-state index < -0.39 is 0 Å². The molecule has 0 spiro atoms. The first-order valence-corrected chi connectivity index (χ1v) is 8.11. The van der Waals surface area contributed by atoms with E-state index in [-0.39, 0.29) is 5.91 Å². The van der Waals surface area contributed by atoms with E-state index in [9.17, 15) is 4.79 Å². The highest BCUT2D eigenvalue weighted by molar-refractivity contribution is 5.76. The lowest BCUT2D eigenvalue weighted by molar-refractivity contribution is -0.136. The smallest absolute Gasteiger partial charge is 0.223 e. The summed E-state index contributed by atoms with van der Waals surface area (Å²) in [6, 6.07) is 0. The van der Waals surface area contributed by atoms with Crippen molar-refractivity contribution in [1.82, 2.24) is 14.9 Å². The van der Waals surface area contributed by atoms with Gasteiger partial charge in [-0.15, -0.1) is 0 Å². The number of carbonyl (C=O) groups excluding carboxylic acids is 1. The fourth-order valence-electron chi connectivity index (χ4n) is 3.16. The van der Waals surface area contributed by atoms with Crippen LogP contribution in [0.25, 0.3) is 0 Å². The van der Waals surface area contributed by atoms with Crippen LogP contribution in [0.15, 0.2) is 12.4 Å². The number of morpholine rings is 1. The average Bonchev–Trinajstić information content (AvgIpc) is 2.56. The molecule has 3 heterocycles. The molecule has 22 heavy (non-hydrogen) atoms. The third-order valence-corrected chi connectivity index (χ3v) is 4.51. The molecule has 1 aromatic rings. The second kappa shape index (κ2) is 7.05. The number of rotatable bonds is 3. The topological polar surface area (TPSA) is 58.6 Å². The summed E-state index contributed by atoms with van der Waals surface area (Å²) in [7, 11) is 0. The standard InChI is InChI=1S/C16H24N4O2/c1-13-11-17-12-15(18-13)19-4-2-14(3-5-19)10-16(21)20-6-8-22-9-7-20/h11-12,14H,2-10H2,1H3. The fraction of sp³-hybridized carbons (Fsp3) is 0.688. The van der Waals surface area contributed by atoms with Crippen molar-refractivity contribution in [2.75, 3.05) is 44.3 Å². The van der Waals surface area contributed by atoms with Crippen LogP contribution in [0.4, 0.5) is 5.82 Å². The van der Waals surface area contributed by atoms with Gasteiger partial charge in [-0.3, -0.25) is 9.78 Å². The lowest BCUT2D eigenvalue weighted by Crippen LogP contribution is -2.42. The zero-order chi connectivity index (χ0) is 15.4. The van der Waals surface area contributed by atoms with Crippen LogP contribution >= 0.6 is 0 Å². The number of hydrogen-bond acceptors (Lipinski definition) is 5. The molecule has 0 aromatic carbocycles. The summed E-state index contributed by atoms with van der Waals surface area (Å²) in [5, 5.41) is 0. The number of aromatic nitrogens is 2. The Morgan fingerprint density at radius 2 is 1.95 bits per heavy atom. The van der Waals surface area contributed by atoms with Gasteiger partial charge in [0.2, 0.25) is 5.91 Å². The Labute approximate surface area is 131 Å². The van der Waals surface area contributed by atoms with E-state index >= 15 is 0 Å². The van der Waals surface area contributed by atoms with Crippen molar-refractivity contribution in [3.63, 3.8) is 0 Å². The number of aryl methyl sites for hydroxylation is 1. The number of hydrogen-bond donors (Lipinski definition) is 0. The summed E-state index contributed by atoms with van der Waals surface area (Å²) < 4.78 is 5.30. The highest BCUT2D eigenvalue weighted by Gasteiger charge is 2.25. The molecule has 0 unspecified atom stereocenters. The van der Waals surface area contributed by atoms with Gasteiger partial charge in [-0.05, 0) is 25.7 Å². The zero-order valence-electron chi connectivity index (χ0n) is 13.2. The first-order valence-electron chi connectivity index (χ1n) is 8.11. The van der Waals surface area contributed by atoms with Gasteiger partial charge in [0, 0.05) is 38.8 Å². The maximum atomic E-state index is 12.3. The third-order valence-electron chi connectivity index (χ3n) is 4.51. The lowest BCUT2D eigenvalue weighted by atomic mass is 9.93. The minimum absolute atomic E-state index is 0.289. The normalized spacial score (nSPS) is 20.2. The van der Waals surface area contributed by atoms with Crippen molar-refractivity contribution in [2.45, 2.75) is 26.2 Å². The van der Waals surface area contributed by atoms with E-state index in [4.69, 9.17) is 4.74 Å². The monoisotopic (exact) mass is 304 g/mol. The van der Waals surface area contributed by atoms with Gasteiger partial charge in [0.1, 0.15) is 5.82 Å². The Balaban J connectivity index is 1.48. The maximum absolute atomic E-state index is 12.3. The number of anilines is 1. The molecule has 0 saturated carbocycles. The molecular weight excluding hydrogens is 280 g/mol. The maximum Gasteiger partial charge on any atom is 0.223 e. The summed E-state index contributed by atoms with van der Waals surface area (Å²) >= 11 is 0. The largest absolute Gasteiger partial charge is 0.378 e. The van der Waals surface area contributed by atoms with E-state index in [1.807, 2.05) is 18.0 Å². The van der Waals surface area contributed by atoms with E-state index in [2.05, 4.69) is 14.9 Å². The third kappa shape index (κ3) is 3.74. The number of ether oxygens (including phenoxy) is 1. The Morgan fingerprint density at radius 1 is 1.23 bits per heavy atom. The first kappa shape index (κ1) is 15.2. The van der Waals surface area contributed by atoms with Crippen LogP contribution in [0.1, 0.15) is 25.0 Å². The Hall–Kier alpha value is -1.69. The van der Waals surface area contributed by atoms with Gasteiger partial charge in [0.25, 0.3) is 0 Å². The molecule has 1 aromatic heterocycles. The molecule has 0 bridgehead atoms. The van der Waals surface area contributed by atoms with Gasteiger partial charge in [0.05, 0.1) is 25.1 Å². The summed E-state index contributed by atoms with van der Waals surface area (Å²) in [5.41, 5.74) is 0.946. The molecule has 2 aliphatic rings. The van der Waals surface area contributed by atoms with Gasteiger partial charge in [0.15, 0.2) is 0 Å². The Morgan fingerprint density at radius 3 is 2.64 bits per heavy atom. The number of nitrogens with zero attached hydrogens (tertiary/aromatic N) is 4. The Bertz CT molecular complexity index is 509. The van der Waals surface area contributed by atoms with Crippen LogP contribution in [0.3, 0.4) is 0 Å². The van der Waals surface area contributed by atoms with Crippen LogP contribution in [-0.4, -0.2) is 60.2 Å². The van der Waals surface area contributed by atoms with Crippen LogP contribution in [0.5, 0.6) is 0 Å². The second-order valence-electron chi connectivity index (χ2n) is 6.15. The fourth-order valence-corrected chi connectivity index (χ4v) is 3.16. The van der Waals surface area contributed by atoms with E-state index in [0.29, 0.717) is 25.6 Å². The molecule has 120 valence electrons. The first-order chi connectivity index (χ1) is 10.7. The van der Waals surface area contributed by atoms with E-state index in [1.54, 1.807) is 6.20 Å². The molecule has 2 saturated heterocycles. The minimum atomic E-state index is 0.289. The van der Waals surface area contributed by atoms with E-state index in [1.165, 1.54) is 0 Å². The Kier molecular flexibility index (Phi) is 4.87. The molecule has 1 amide bonds. The van der Waals surface area contributed by atoms with Gasteiger partial charge in [-0.2, -0.15) is 0 Å². The summed E-state index contributed by atoms with van der Waals surface area (Å²) in [6.45, 7) is 6.72. The number of carbonyl (C=O) groups is 1. The molecule has 2 aliphatic heterocycles. The molecule has 0 N–H and O–H groups in total. The zero-order valence-corrected chi connectivity index (χ0v) is 13.2. The van der Waals surface area contributed by atoms with Crippen LogP contribution < -0.4 is 4.90 Å². The van der Waals surface area contributed by atoms with Crippen molar-refractivity contribution in [2.24, 2.45) is 5.92 Å². The average molecular weight is 304 g/mol. The molecule has 6 heteroatoms. The van der Waals surface area contributed by atoms with Crippen LogP contribution in [-0.2, 0) is 9.53 Å². The van der Waals surface area contributed by atoms with Gasteiger partial charge >= 0.3 is 0 Å². The van der Waals surface area contributed by atoms with Crippen LogP contribution in [0, 0.1) is 12.8 Å². The van der Waals surface area contributed by atoms with E-state index in [0.717, 1.165) is 50.5 Å². The number of piperidine rings is 1. The predicted molar refractivity (Wildman–Crippen MR) is 83.7 cm³/mol. The summed E-state index contributed by atoms with van der Waals surface area (Å²) in [4.78, 5) is 25.3. The minimum Gasteiger partial charge on any atom is -0.378 e. The number of amides is 1. The molecule has 3 rings (SSSR count). The van der Waals surface area contributed by atoms with Crippen molar-refractivity contribution in [1.29, 1.82) is 0 Å². The highest BCUT2D eigenvalue weighted by Crippen LogP contribution is 2.24. The van der Waals surface area contributed by atoms with Gasteiger partial charge < -0.3 is 14.5 Å². The quantitative estimate of drug-likeness (QED) is 0.841. The van der Waals surface area contributed by atoms with Gasteiger partial charge in [-0.25, -0.2) is 4.98 Å². The molecule has 0 radical (unpaired) electrons. The summed E-state index contributed by atoms with van der Waals surface area (Å²) in [5.74, 6) is 1.74. The molecular formula is C16H24N4O2. The predicted octanol–water partition coefficient (Wildman–Crippen LogP) is 1.25. The molecule has 0 atom stereocenters. The van der Waals surface area contributed by atoms with Crippen molar-refractivity contribution in [3.8, 4) is 0 Å². The molecule has 6 nitrogen and oxygen atoms in total. The highest BCUT2D eigenvalue weighted by atomic mass is 16.5.